The van der Waals surface area contributed by atoms with E-state index in [1.807, 2.05) is 42.5 Å². The third-order valence-electron chi connectivity index (χ3n) is 4.08. The van der Waals surface area contributed by atoms with Crippen LogP contribution < -0.4 is 10.6 Å². The molecule has 0 saturated heterocycles. The first-order valence-electron chi connectivity index (χ1n) is 8.24. The number of aryl methyl sites for hydroxylation is 2. The molecule has 1 aromatic heterocycles. The highest BCUT2D eigenvalue weighted by Gasteiger charge is 2.08. The molecule has 1 amide bonds. The fraction of sp³-hybridized carbons (Fsp3) is 0.143. The van der Waals surface area contributed by atoms with Crippen LogP contribution in [0.5, 0.6) is 0 Å². The van der Waals surface area contributed by atoms with Gasteiger partial charge in [0.25, 0.3) is 5.91 Å². The third kappa shape index (κ3) is 4.44. The molecule has 3 rings (SSSR count). The Labute approximate surface area is 147 Å². The molecule has 0 spiro atoms. The van der Waals surface area contributed by atoms with Crippen LogP contribution in [0.1, 0.15) is 27.2 Å². The van der Waals surface area contributed by atoms with Crippen LogP contribution in [-0.4, -0.2) is 10.9 Å². The third-order valence-corrected chi connectivity index (χ3v) is 4.08. The summed E-state index contributed by atoms with van der Waals surface area (Å²) in [6.07, 6.45) is 1.64. The minimum atomic E-state index is -0.187. The van der Waals surface area contributed by atoms with Gasteiger partial charge >= 0.3 is 0 Å². The molecule has 0 fully saturated rings. The van der Waals surface area contributed by atoms with Crippen molar-refractivity contribution in [2.24, 2.45) is 0 Å². The van der Waals surface area contributed by atoms with Crippen molar-refractivity contribution in [3.8, 4) is 0 Å². The van der Waals surface area contributed by atoms with Gasteiger partial charge in [-0.15, -0.1) is 0 Å². The van der Waals surface area contributed by atoms with E-state index in [9.17, 15) is 4.79 Å². The van der Waals surface area contributed by atoms with Gasteiger partial charge in [-0.3, -0.25) is 9.78 Å². The predicted octanol–water partition coefficient (Wildman–Crippen LogP) is 4.37. The maximum absolute atomic E-state index is 12.3. The molecule has 0 aliphatic heterocycles. The van der Waals surface area contributed by atoms with E-state index >= 15 is 0 Å². The van der Waals surface area contributed by atoms with Gasteiger partial charge in [0.15, 0.2) is 0 Å². The van der Waals surface area contributed by atoms with Crippen molar-refractivity contribution < 1.29 is 4.79 Å². The van der Waals surface area contributed by atoms with E-state index in [-0.39, 0.29) is 5.91 Å². The molecule has 4 nitrogen and oxygen atoms in total. The summed E-state index contributed by atoms with van der Waals surface area (Å²) < 4.78 is 0. The van der Waals surface area contributed by atoms with E-state index in [0.717, 1.165) is 16.9 Å². The molecule has 25 heavy (non-hydrogen) atoms. The summed E-state index contributed by atoms with van der Waals surface area (Å²) in [5.41, 5.74) is 5.75. The van der Waals surface area contributed by atoms with Crippen molar-refractivity contribution in [1.82, 2.24) is 10.3 Å². The number of rotatable bonds is 5. The van der Waals surface area contributed by atoms with Crippen LogP contribution in [0.2, 0.25) is 0 Å². The molecule has 0 saturated carbocycles. The fourth-order valence-electron chi connectivity index (χ4n) is 2.49. The molecule has 126 valence electrons. The molecule has 0 radical (unpaired) electrons. The van der Waals surface area contributed by atoms with E-state index in [2.05, 4.69) is 41.6 Å². The second-order valence-corrected chi connectivity index (χ2v) is 6.02. The Hall–Kier alpha value is -3.14. The van der Waals surface area contributed by atoms with E-state index in [1.165, 1.54) is 11.1 Å². The second-order valence-electron chi connectivity index (χ2n) is 6.02. The summed E-state index contributed by atoms with van der Waals surface area (Å²) in [4.78, 5) is 16.5. The molecular weight excluding hydrogens is 310 g/mol. The number of amides is 1. The van der Waals surface area contributed by atoms with Gasteiger partial charge < -0.3 is 10.6 Å². The van der Waals surface area contributed by atoms with Gasteiger partial charge in [-0.1, -0.05) is 36.4 Å². The van der Waals surface area contributed by atoms with Crippen LogP contribution in [0.15, 0.2) is 66.9 Å². The first-order chi connectivity index (χ1) is 12.1. The Bertz CT molecular complexity index is 875. The van der Waals surface area contributed by atoms with Crippen LogP contribution >= 0.6 is 0 Å². The summed E-state index contributed by atoms with van der Waals surface area (Å²) in [6.45, 7) is 4.65. The summed E-state index contributed by atoms with van der Waals surface area (Å²) in [5.74, 6) is -0.187. The highest BCUT2D eigenvalue weighted by Crippen LogP contribution is 2.19. The quantitative estimate of drug-likeness (QED) is 0.730. The van der Waals surface area contributed by atoms with Crippen LogP contribution in [0.4, 0.5) is 11.4 Å². The molecule has 0 bridgehead atoms. The Kier molecular flexibility index (Phi) is 5.09. The molecular formula is C21H21N3O. The van der Waals surface area contributed by atoms with Gasteiger partial charge in [0.2, 0.25) is 0 Å². The SMILES string of the molecule is Cc1ccc(Nc2ccnc(C(=O)NCc3ccccc3)c2)cc1C. The standard InChI is InChI=1S/C21H21N3O/c1-15-8-9-18(12-16(15)2)24-19-10-11-22-20(13-19)21(25)23-14-17-6-4-3-5-7-17/h3-13H,14H2,1-2H3,(H,22,24)(H,23,25). The van der Waals surface area contributed by atoms with Crippen molar-refractivity contribution in [3.05, 3.63) is 89.2 Å². The van der Waals surface area contributed by atoms with E-state index in [4.69, 9.17) is 0 Å². The van der Waals surface area contributed by atoms with Gasteiger partial charge in [-0.25, -0.2) is 0 Å². The summed E-state index contributed by atoms with van der Waals surface area (Å²) in [5, 5.41) is 6.21. The van der Waals surface area contributed by atoms with Gasteiger partial charge in [-0.05, 0) is 54.8 Å². The normalized spacial score (nSPS) is 10.3. The molecule has 2 N–H and O–H groups in total. The summed E-state index contributed by atoms with van der Waals surface area (Å²) in [6, 6.07) is 19.6. The number of nitrogens with one attached hydrogen (secondary N) is 2. The van der Waals surface area contributed by atoms with Crippen LogP contribution in [0.3, 0.4) is 0 Å². The lowest BCUT2D eigenvalue weighted by atomic mass is 10.1. The zero-order valence-electron chi connectivity index (χ0n) is 14.4. The Balaban J connectivity index is 1.68. The van der Waals surface area contributed by atoms with Crippen LogP contribution in [0, 0.1) is 13.8 Å². The molecule has 4 heteroatoms. The average molecular weight is 331 g/mol. The zero-order chi connectivity index (χ0) is 17.6. The fourth-order valence-corrected chi connectivity index (χ4v) is 2.49. The van der Waals surface area contributed by atoms with Crippen molar-refractivity contribution in [2.75, 3.05) is 5.32 Å². The molecule has 0 aliphatic carbocycles. The predicted molar refractivity (Wildman–Crippen MR) is 101 cm³/mol. The molecule has 1 heterocycles. The van der Waals surface area contributed by atoms with Crippen molar-refractivity contribution >= 4 is 17.3 Å². The van der Waals surface area contributed by atoms with Crippen molar-refractivity contribution in [3.63, 3.8) is 0 Å². The number of nitrogens with zero attached hydrogens (tertiary/aromatic N) is 1. The van der Waals surface area contributed by atoms with Crippen LogP contribution in [0.25, 0.3) is 0 Å². The Morgan fingerprint density at radius 1 is 0.920 bits per heavy atom. The van der Waals surface area contributed by atoms with Gasteiger partial charge in [0.1, 0.15) is 5.69 Å². The first kappa shape index (κ1) is 16.7. The van der Waals surface area contributed by atoms with Gasteiger partial charge in [0, 0.05) is 24.1 Å². The lowest BCUT2D eigenvalue weighted by molar-refractivity contribution is 0.0946. The van der Waals surface area contributed by atoms with Crippen molar-refractivity contribution in [1.29, 1.82) is 0 Å². The highest BCUT2D eigenvalue weighted by molar-refractivity contribution is 5.93. The maximum atomic E-state index is 12.3. The van der Waals surface area contributed by atoms with Gasteiger partial charge in [0.05, 0.1) is 0 Å². The number of pyridine rings is 1. The molecule has 2 aromatic carbocycles. The highest BCUT2D eigenvalue weighted by atomic mass is 16.1. The van der Waals surface area contributed by atoms with Gasteiger partial charge in [-0.2, -0.15) is 0 Å². The lowest BCUT2D eigenvalue weighted by Gasteiger charge is -2.10. The second kappa shape index (κ2) is 7.62. The van der Waals surface area contributed by atoms with E-state index in [0.29, 0.717) is 12.2 Å². The summed E-state index contributed by atoms with van der Waals surface area (Å²) in [7, 11) is 0. The number of carbonyl (C=O) groups excluding carboxylic acids is 1. The smallest absolute Gasteiger partial charge is 0.270 e. The van der Waals surface area contributed by atoms with E-state index < -0.39 is 0 Å². The van der Waals surface area contributed by atoms with E-state index in [1.54, 1.807) is 12.3 Å². The molecule has 0 atom stereocenters. The lowest BCUT2D eigenvalue weighted by Crippen LogP contribution is -2.23. The van der Waals surface area contributed by atoms with Crippen molar-refractivity contribution in [2.45, 2.75) is 20.4 Å². The monoisotopic (exact) mass is 331 g/mol. The molecule has 0 aliphatic rings. The molecule has 0 unspecified atom stereocenters. The number of hydrogen-bond donors (Lipinski definition) is 2. The number of anilines is 2. The molecule has 3 aromatic rings. The Morgan fingerprint density at radius 3 is 2.44 bits per heavy atom. The minimum absolute atomic E-state index is 0.187. The largest absolute Gasteiger partial charge is 0.355 e. The average Bonchev–Trinajstić information content (AvgIpc) is 2.64. The first-order valence-corrected chi connectivity index (χ1v) is 8.24. The number of hydrogen-bond acceptors (Lipinski definition) is 3. The maximum Gasteiger partial charge on any atom is 0.270 e. The zero-order valence-corrected chi connectivity index (χ0v) is 14.4. The topological polar surface area (TPSA) is 54.0 Å². The number of carbonyl (C=O) groups is 1. The summed E-state index contributed by atoms with van der Waals surface area (Å²) >= 11 is 0. The number of aromatic nitrogens is 1. The van der Waals surface area contributed by atoms with Crippen LogP contribution in [-0.2, 0) is 6.54 Å². The Morgan fingerprint density at radius 2 is 1.68 bits per heavy atom. The minimum Gasteiger partial charge on any atom is -0.355 e. The number of benzene rings is 2.